The molecule has 1 aliphatic rings. The fraction of sp³-hybridized carbons (Fsp3) is 0. The molecule has 1 aromatic rings. The highest BCUT2D eigenvalue weighted by atomic mass is 35.5. The third kappa shape index (κ3) is 1.97. The molecule has 14 heavy (non-hydrogen) atoms. The zero-order valence-corrected chi connectivity index (χ0v) is 9.07. The summed E-state index contributed by atoms with van der Waals surface area (Å²) >= 11 is 16.4. The second-order valence-corrected chi connectivity index (χ2v) is 3.81. The first-order valence-electron chi connectivity index (χ1n) is 3.66. The number of amidine groups is 1. The van der Waals surface area contributed by atoms with Crippen LogP contribution >= 0.6 is 35.4 Å². The SMILES string of the molecule is S=C1N=NC(c2cc(Cl)cc(Cl)c2)=N1. The molecule has 0 radical (unpaired) electrons. The molecule has 0 atom stereocenters. The first kappa shape index (κ1) is 9.71. The lowest BCUT2D eigenvalue weighted by Crippen LogP contribution is -1.93. The van der Waals surface area contributed by atoms with Crippen molar-refractivity contribution in [1.82, 2.24) is 0 Å². The van der Waals surface area contributed by atoms with Crippen molar-refractivity contribution in [3.8, 4) is 0 Å². The molecule has 0 bridgehead atoms. The molecule has 6 heteroatoms. The van der Waals surface area contributed by atoms with Crippen LogP contribution in [0.1, 0.15) is 5.56 Å². The first-order chi connectivity index (χ1) is 6.65. The van der Waals surface area contributed by atoms with Gasteiger partial charge in [0.15, 0.2) is 5.84 Å². The van der Waals surface area contributed by atoms with Crippen LogP contribution in [-0.4, -0.2) is 10.9 Å². The molecule has 0 amide bonds. The Bertz CT molecular complexity index is 447. The normalized spacial score (nSPS) is 14.7. The smallest absolute Gasteiger partial charge is 0.195 e. The molecule has 0 saturated heterocycles. The zero-order chi connectivity index (χ0) is 10.1. The Hall–Kier alpha value is -0.840. The van der Waals surface area contributed by atoms with Gasteiger partial charge < -0.3 is 0 Å². The quantitative estimate of drug-likeness (QED) is 0.696. The van der Waals surface area contributed by atoms with E-state index in [4.69, 9.17) is 35.4 Å². The standard InChI is InChI=1S/C8H3Cl2N3S/c9-5-1-4(2-6(10)3-5)7-11-8(14)13-12-7/h1-3H. The Balaban J connectivity index is 2.47. The van der Waals surface area contributed by atoms with Crippen LogP contribution < -0.4 is 0 Å². The average Bonchev–Trinajstić information content (AvgIpc) is 2.50. The van der Waals surface area contributed by atoms with Crippen molar-refractivity contribution in [1.29, 1.82) is 0 Å². The van der Waals surface area contributed by atoms with Gasteiger partial charge in [0.05, 0.1) is 0 Å². The van der Waals surface area contributed by atoms with E-state index in [0.717, 1.165) is 0 Å². The van der Waals surface area contributed by atoms with E-state index in [9.17, 15) is 0 Å². The Morgan fingerprint density at radius 3 is 2.14 bits per heavy atom. The van der Waals surface area contributed by atoms with E-state index in [1.54, 1.807) is 18.2 Å². The highest BCUT2D eigenvalue weighted by Gasteiger charge is 2.11. The minimum Gasteiger partial charge on any atom is -0.195 e. The molecular weight excluding hydrogens is 241 g/mol. The lowest BCUT2D eigenvalue weighted by Gasteiger charge is -1.98. The van der Waals surface area contributed by atoms with Gasteiger partial charge in [0.1, 0.15) is 0 Å². The summed E-state index contributed by atoms with van der Waals surface area (Å²) in [5.74, 6) is 0.444. The van der Waals surface area contributed by atoms with E-state index < -0.39 is 0 Å². The van der Waals surface area contributed by atoms with Gasteiger partial charge in [-0.1, -0.05) is 23.2 Å². The van der Waals surface area contributed by atoms with Crippen LogP contribution in [0, 0.1) is 0 Å². The van der Waals surface area contributed by atoms with Crippen molar-refractivity contribution in [3.05, 3.63) is 33.8 Å². The number of nitrogens with zero attached hydrogens (tertiary/aromatic N) is 3. The van der Waals surface area contributed by atoms with E-state index in [1.807, 2.05) is 0 Å². The molecular formula is C8H3Cl2N3S. The third-order valence-corrected chi connectivity index (χ3v) is 2.16. The average molecular weight is 244 g/mol. The molecule has 0 saturated carbocycles. The van der Waals surface area contributed by atoms with E-state index in [2.05, 4.69) is 15.2 Å². The molecule has 0 N–H and O–H groups in total. The van der Waals surface area contributed by atoms with Crippen LogP contribution in [0.3, 0.4) is 0 Å². The zero-order valence-electron chi connectivity index (χ0n) is 6.74. The number of thiocarbonyl (C=S) groups is 1. The molecule has 0 unspecified atom stereocenters. The van der Waals surface area contributed by atoms with Crippen molar-refractivity contribution in [2.45, 2.75) is 0 Å². The fourth-order valence-corrected chi connectivity index (χ4v) is 1.68. The van der Waals surface area contributed by atoms with Crippen LogP contribution in [0.4, 0.5) is 0 Å². The van der Waals surface area contributed by atoms with Crippen LogP contribution in [0.5, 0.6) is 0 Å². The monoisotopic (exact) mass is 243 g/mol. The fourth-order valence-electron chi connectivity index (χ4n) is 1.03. The largest absolute Gasteiger partial charge is 0.242 e. The van der Waals surface area contributed by atoms with Crippen LogP contribution in [0.25, 0.3) is 0 Å². The maximum Gasteiger partial charge on any atom is 0.242 e. The summed E-state index contributed by atoms with van der Waals surface area (Å²) in [6.45, 7) is 0. The number of azo groups is 1. The van der Waals surface area contributed by atoms with Gasteiger partial charge >= 0.3 is 0 Å². The first-order valence-corrected chi connectivity index (χ1v) is 4.82. The summed E-state index contributed by atoms with van der Waals surface area (Å²) in [4.78, 5) is 3.94. The lowest BCUT2D eigenvalue weighted by atomic mass is 10.2. The van der Waals surface area contributed by atoms with Crippen LogP contribution in [0.15, 0.2) is 33.4 Å². The predicted molar refractivity (Wildman–Crippen MR) is 60.5 cm³/mol. The lowest BCUT2D eigenvalue weighted by molar-refractivity contribution is 1.40. The van der Waals surface area contributed by atoms with E-state index in [-0.39, 0.29) is 5.11 Å². The molecule has 1 aliphatic heterocycles. The summed E-state index contributed by atoms with van der Waals surface area (Å²) in [6.07, 6.45) is 0. The summed E-state index contributed by atoms with van der Waals surface area (Å²) in [5, 5.41) is 8.69. The van der Waals surface area contributed by atoms with Gasteiger partial charge in [0.2, 0.25) is 5.11 Å². The molecule has 70 valence electrons. The maximum absolute atomic E-state index is 5.82. The van der Waals surface area contributed by atoms with E-state index in [0.29, 0.717) is 21.4 Å². The van der Waals surface area contributed by atoms with E-state index in [1.165, 1.54) is 0 Å². The minimum absolute atomic E-state index is 0.219. The van der Waals surface area contributed by atoms with Crippen LogP contribution in [-0.2, 0) is 0 Å². The van der Waals surface area contributed by atoms with Crippen molar-refractivity contribution < 1.29 is 0 Å². The molecule has 1 aromatic carbocycles. The topological polar surface area (TPSA) is 37.1 Å². The number of hydrogen-bond acceptors (Lipinski definition) is 2. The molecule has 1 heterocycles. The summed E-state index contributed by atoms with van der Waals surface area (Å²) in [6, 6.07) is 5.05. The molecule has 0 spiro atoms. The van der Waals surface area contributed by atoms with Gasteiger partial charge in [0.25, 0.3) is 0 Å². The van der Waals surface area contributed by atoms with Gasteiger partial charge in [0, 0.05) is 15.6 Å². The van der Waals surface area contributed by atoms with Gasteiger partial charge in [-0.2, -0.15) is 4.99 Å². The van der Waals surface area contributed by atoms with Crippen LogP contribution in [0.2, 0.25) is 10.0 Å². The van der Waals surface area contributed by atoms with E-state index >= 15 is 0 Å². The number of aliphatic imine (C=N–C) groups is 1. The Morgan fingerprint density at radius 2 is 1.64 bits per heavy atom. The highest BCUT2D eigenvalue weighted by Crippen LogP contribution is 2.21. The van der Waals surface area contributed by atoms with Crippen molar-refractivity contribution in [2.24, 2.45) is 15.2 Å². The van der Waals surface area contributed by atoms with Gasteiger partial charge in [-0.3, -0.25) is 0 Å². The predicted octanol–water partition coefficient (Wildman–Crippen LogP) is 3.49. The minimum atomic E-state index is 0.219. The molecule has 0 aliphatic carbocycles. The maximum atomic E-state index is 5.82. The van der Waals surface area contributed by atoms with Crippen molar-refractivity contribution >= 4 is 46.4 Å². The van der Waals surface area contributed by atoms with Gasteiger partial charge in [-0.25, -0.2) is 0 Å². The number of rotatable bonds is 1. The molecule has 2 rings (SSSR count). The van der Waals surface area contributed by atoms with Crippen molar-refractivity contribution in [3.63, 3.8) is 0 Å². The summed E-state index contributed by atoms with van der Waals surface area (Å²) in [5.41, 5.74) is 0.714. The Kier molecular flexibility index (Phi) is 2.58. The van der Waals surface area contributed by atoms with Crippen molar-refractivity contribution in [2.75, 3.05) is 0 Å². The second-order valence-electron chi connectivity index (χ2n) is 2.58. The summed E-state index contributed by atoms with van der Waals surface area (Å²) < 4.78 is 0. The second kappa shape index (κ2) is 3.73. The molecule has 0 fully saturated rings. The Labute approximate surface area is 95.5 Å². The number of halogens is 2. The highest BCUT2D eigenvalue weighted by molar-refractivity contribution is 7.80. The number of hydrogen-bond donors (Lipinski definition) is 0. The molecule has 3 nitrogen and oxygen atoms in total. The Morgan fingerprint density at radius 1 is 1.00 bits per heavy atom. The molecule has 0 aromatic heterocycles. The summed E-state index contributed by atoms with van der Waals surface area (Å²) in [7, 11) is 0. The van der Waals surface area contributed by atoms with Gasteiger partial charge in [-0.05, 0) is 30.4 Å². The number of benzene rings is 1. The van der Waals surface area contributed by atoms with Gasteiger partial charge in [-0.15, -0.1) is 10.2 Å². The third-order valence-electron chi connectivity index (χ3n) is 1.55.